The zero-order valence-corrected chi connectivity index (χ0v) is 25.0. The molecule has 0 amide bonds. The maximum Gasteiger partial charge on any atom is 0.144 e. The summed E-state index contributed by atoms with van der Waals surface area (Å²) in [6.45, 7) is 5.64. The van der Waals surface area contributed by atoms with E-state index in [0.717, 1.165) is 73.3 Å². The highest BCUT2D eigenvalue weighted by Gasteiger charge is 2.29. The Morgan fingerprint density at radius 2 is 0.675 bits per heavy atom. The van der Waals surface area contributed by atoms with Crippen molar-refractivity contribution in [3.63, 3.8) is 0 Å². The van der Waals surface area contributed by atoms with Gasteiger partial charge >= 0.3 is 0 Å². The Bertz CT molecular complexity index is 1210. The SMILES string of the molecule is O=P(CCN1CCCN(CCP(=O)(c2ccccc2)c2ccccc2)CCC1)(c1ccccc1)c1ccccc1. The zero-order valence-electron chi connectivity index (χ0n) is 23.2. The highest BCUT2D eigenvalue weighted by Crippen LogP contribution is 2.44. The second-order valence-electron chi connectivity index (χ2n) is 10.7. The fourth-order valence-corrected chi connectivity index (χ4v) is 11.1. The van der Waals surface area contributed by atoms with Crippen LogP contribution in [0.5, 0.6) is 0 Å². The Morgan fingerprint density at radius 3 is 0.925 bits per heavy atom. The van der Waals surface area contributed by atoms with Crippen LogP contribution in [0.4, 0.5) is 0 Å². The zero-order chi connectivity index (χ0) is 27.7. The third-order valence-electron chi connectivity index (χ3n) is 8.05. The standard InChI is InChI=1S/C34H40N2O2P2/c37-39(31-15-5-1-6-16-31,32-17-7-2-8-18-32)29-27-35-23-13-25-36(26-14-24-35)28-30-40(38,33-19-9-3-10-20-33)34-21-11-4-12-22-34/h1-12,15-22H,13-14,23-30H2. The van der Waals surface area contributed by atoms with Gasteiger partial charge in [-0.05, 0) is 39.0 Å². The van der Waals surface area contributed by atoms with Crippen molar-refractivity contribution in [2.24, 2.45) is 0 Å². The summed E-state index contributed by atoms with van der Waals surface area (Å²) in [5, 5.41) is 3.78. The van der Waals surface area contributed by atoms with Gasteiger partial charge < -0.3 is 18.9 Å². The summed E-state index contributed by atoms with van der Waals surface area (Å²) in [7, 11) is -5.40. The number of hydrogen-bond acceptors (Lipinski definition) is 4. The van der Waals surface area contributed by atoms with Crippen molar-refractivity contribution in [3.05, 3.63) is 121 Å². The van der Waals surface area contributed by atoms with Crippen molar-refractivity contribution in [1.29, 1.82) is 0 Å². The first-order valence-electron chi connectivity index (χ1n) is 14.4. The molecule has 0 saturated carbocycles. The molecular weight excluding hydrogens is 530 g/mol. The predicted octanol–water partition coefficient (Wildman–Crippen LogP) is 5.41. The lowest BCUT2D eigenvalue weighted by atomic mass is 10.2. The van der Waals surface area contributed by atoms with Gasteiger partial charge in [0.1, 0.15) is 14.3 Å². The van der Waals surface area contributed by atoms with Crippen LogP contribution >= 0.6 is 14.3 Å². The molecule has 208 valence electrons. The summed E-state index contributed by atoms with van der Waals surface area (Å²) in [4.78, 5) is 4.99. The van der Waals surface area contributed by atoms with E-state index in [0.29, 0.717) is 12.3 Å². The van der Waals surface area contributed by atoms with Crippen molar-refractivity contribution in [3.8, 4) is 0 Å². The van der Waals surface area contributed by atoms with Crippen LogP contribution in [-0.2, 0) is 9.13 Å². The fourth-order valence-electron chi connectivity index (χ4n) is 5.76. The van der Waals surface area contributed by atoms with Gasteiger partial charge in [-0.3, -0.25) is 0 Å². The molecule has 0 unspecified atom stereocenters. The van der Waals surface area contributed by atoms with E-state index in [4.69, 9.17) is 0 Å². The maximum atomic E-state index is 14.4. The Hall–Kier alpha value is -2.74. The molecule has 0 N–H and O–H groups in total. The van der Waals surface area contributed by atoms with Crippen molar-refractivity contribution < 1.29 is 9.13 Å². The summed E-state index contributed by atoms with van der Waals surface area (Å²) < 4.78 is 28.8. The highest BCUT2D eigenvalue weighted by atomic mass is 31.2. The molecule has 0 spiro atoms. The monoisotopic (exact) mass is 570 g/mol. The summed E-state index contributed by atoms with van der Waals surface area (Å²) in [6, 6.07) is 40.0. The Morgan fingerprint density at radius 1 is 0.425 bits per heavy atom. The molecule has 0 bridgehead atoms. The largest absolute Gasteiger partial charge is 0.314 e. The van der Waals surface area contributed by atoms with Crippen molar-refractivity contribution in [2.75, 3.05) is 51.6 Å². The Balaban J connectivity index is 1.19. The van der Waals surface area contributed by atoms with E-state index >= 15 is 0 Å². The van der Waals surface area contributed by atoms with Gasteiger partial charge in [-0.15, -0.1) is 0 Å². The van der Waals surface area contributed by atoms with E-state index in [2.05, 4.69) is 9.80 Å². The van der Waals surface area contributed by atoms with Crippen molar-refractivity contribution in [2.45, 2.75) is 12.8 Å². The third kappa shape index (κ3) is 6.93. The fraction of sp³-hybridized carbons (Fsp3) is 0.294. The molecule has 0 radical (unpaired) electrons. The van der Waals surface area contributed by atoms with Gasteiger partial charge in [0.2, 0.25) is 0 Å². The minimum absolute atomic E-state index is 0.655. The van der Waals surface area contributed by atoms with E-state index in [1.54, 1.807) is 0 Å². The minimum atomic E-state index is -2.70. The average molecular weight is 571 g/mol. The lowest BCUT2D eigenvalue weighted by Crippen LogP contribution is -2.40. The molecule has 0 aromatic heterocycles. The summed E-state index contributed by atoms with van der Waals surface area (Å²) >= 11 is 0. The van der Waals surface area contributed by atoms with Crippen LogP contribution in [0.25, 0.3) is 0 Å². The van der Waals surface area contributed by atoms with Crippen LogP contribution in [0.3, 0.4) is 0 Å². The maximum absolute atomic E-state index is 14.4. The van der Waals surface area contributed by atoms with Gasteiger partial charge in [0, 0.05) is 46.6 Å². The van der Waals surface area contributed by atoms with E-state index in [-0.39, 0.29) is 0 Å². The summed E-state index contributed by atoms with van der Waals surface area (Å²) in [5.41, 5.74) is 0. The molecule has 5 rings (SSSR count). The Kier molecular flexibility index (Phi) is 9.89. The average Bonchev–Trinajstić information content (AvgIpc) is 3.01. The lowest BCUT2D eigenvalue weighted by molar-refractivity contribution is 0.193. The Labute approximate surface area is 239 Å². The molecule has 0 atom stereocenters. The van der Waals surface area contributed by atoms with Gasteiger partial charge in [0.25, 0.3) is 0 Å². The van der Waals surface area contributed by atoms with E-state index in [9.17, 15) is 9.13 Å². The molecule has 4 nitrogen and oxygen atoms in total. The summed E-state index contributed by atoms with van der Waals surface area (Å²) in [6.07, 6.45) is 3.42. The van der Waals surface area contributed by atoms with Gasteiger partial charge in [-0.25, -0.2) is 0 Å². The number of rotatable bonds is 10. The first kappa shape index (κ1) is 28.8. The molecule has 4 aromatic rings. The predicted molar refractivity (Wildman–Crippen MR) is 171 cm³/mol. The van der Waals surface area contributed by atoms with Gasteiger partial charge in [-0.2, -0.15) is 0 Å². The molecule has 40 heavy (non-hydrogen) atoms. The molecule has 1 aliphatic heterocycles. The van der Waals surface area contributed by atoms with E-state index in [1.807, 2.05) is 121 Å². The first-order chi connectivity index (χ1) is 19.6. The van der Waals surface area contributed by atoms with E-state index < -0.39 is 14.3 Å². The summed E-state index contributed by atoms with van der Waals surface area (Å²) in [5.74, 6) is 0. The number of hydrogen-bond donors (Lipinski definition) is 0. The first-order valence-corrected chi connectivity index (χ1v) is 18.2. The van der Waals surface area contributed by atoms with Crippen molar-refractivity contribution in [1.82, 2.24) is 9.80 Å². The number of benzene rings is 4. The van der Waals surface area contributed by atoms with E-state index in [1.165, 1.54) is 0 Å². The van der Waals surface area contributed by atoms with Crippen LogP contribution in [0.2, 0.25) is 0 Å². The second-order valence-corrected chi connectivity index (χ2v) is 16.6. The van der Waals surface area contributed by atoms with Crippen LogP contribution in [0.1, 0.15) is 12.8 Å². The normalized spacial score (nSPS) is 15.8. The van der Waals surface area contributed by atoms with Gasteiger partial charge in [-0.1, -0.05) is 121 Å². The molecule has 4 aromatic carbocycles. The quantitative estimate of drug-likeness (QED) is 0.239. The molecule has 6 heteroatoms. The van der Waals surface area contributed by atoms with Crippen LogP contribution in [0.15, 0.2) is 121 Å². The topological polar surface area (TPSA) is 40.6 Å². The minimum Gasteiger partial charge on any atom is -0.314 e. The molecule has 1 heterocycles. The third-order valence-corrected chi connectivity index (χ3v) is 14.2. The number of nitrogens with zero attached hydrogens (tertiary/aromatic N) is 2. The van der Waals surface area contributed by atoms with Gasteiger partial charge in [0.15, 0.2) is 0 Å². The lowest BCUT2D eigenvalue weighted by Gasteiger charge is -2.32. The van der Waals surface area contributed by atoms with Crippen LogP contribution in [-0.4, -0.2) is 61.4 Å². The van der Waals surface area contributed by atoms with Crippen LogP contribution < -0.4 is 21.2 Å². The molecule has 1 saturated heterocycles. The highest BCUT2D eigenvalue weighted by molar-refractivity contribution is 7.79. The van der Waals surface area contributed by atoms with Crippen molar-refractivity contribution >= 4 is 35.5 Å². The second kappa shape index (κ2) is 13.7. The van der Waals surface area contributed by atoms with Gasteiger partial charge in [0.05, 0.1) is 0 Å². The van der Waals surface area contributed by atoms with Crippen LogP contribution in [0, 0.1) is 0 Å². The molecular formula is C34H40N2O2P2. The molecule has 1 aliphatic rings. The smallest absolute Gasteiger partial charge is 0.144 e. The molecule has 1 fully saturated rings. The molecule has 0 aliphatic carbocycles.